The summed E-state index contributed by atoms with van der Waals surface area (Å²) < 4.78 is 97.7. The van der Waals surface area contributed by atoms with Gasteiger partial charge in [0, 0.05) is 40.5 Å². The molecule has 2 rings (SSSR count). The Hall–Kier alpha value is -0.970. The Morgan fingerprint density at radius 1 is 0.433 bits per heavy atom. The summed E-state index contributed by atoms with van der Waals surface area (Å²) in [6.07, 6.45) is 34.6. The van der Waals surface area contributed by atoms with Crippen LogP contribution in [0.2, 0.25) is 0 Å². The van der Waals surface area contributed by atoms with Crippen LogP contribution in [0.5, 0.6) is 0 Å². The maximum Gasteiger partial charge on any atom is 0.470 e. The van der Waals surface area contributed by atoms with Crippen molar-refractivity contribution in [3.8, 4) is 0 Å². The van der Waals surface area contributed by atoms with E-state index in [9.17, 15) is 38.6 Å². The molecule has 0 spiro atoms. The van der Waals surface area contributed by atoms with E-state index in [1.54, 1.807) is 7.11 Å². The molecule has 0 aromatic carbocycles. The zero-order valence-corrected chi connectivity index (χ0v) is 59.0. The van der Waals surface area contributed by atoms with Crippen molar-refractivity contribution in [2.24, 2.45) is 0 Å². The zero-order chi connectivity index (χ0) is 65.8. The number of methoxy groups -OCH3 is 2. The highest BCUT2D eigenvalue weighted by molar-refractivity contribution is 7.46. The Labute approximate surface area is 545 Å². The van der Waals surface area contributed by atoms with E-state index in [-0.39, 0.29) is 32.3 Å². The van der Waals surface area contributed by atoms with Crippen LogP contribution in [0.15, 0.2) is 12.2 Å². The first-order valence-corrected chi connectivity index (χ1v) is 39.1. The number of aliphatic hydroxyl groups excluding tert-OH is 1. The molecule has 2 fully saturated rings. The van der Waals surface area contributed by atoms with Crippen molar-refractivity contribution in [1.82, 2.24) is 0 Å². The lowest BCUT2D eigenvalue weighted by Gasteiger charge is -2.47. The van der Waals surface area contributed by atoms with Gasteiger partial charge in [-0.15, -0.1) is 0 Å². The number of aliphatic hydroxyl groups is 1. The van der Waals surface area contributed by atoms with E-state index < -0.39 is 96.2 Å². The summed E-state index contributed by atoms with van der Waals surface area (Å²) in [6, 6.07) is 0. The van der Waals surface area contributed by atoms with E-state index in [1.165, 1.54) is 110 Å². The highest BCUT2D eigenvalue weighted by Crippen LogP contribution is 2.43. The van der Waals surface area contributed by atoms with Gasteiger partial charge in [0.15, 0.2) is 18.7 Å². The molecular weight excluding hydrogens is 1200 g/mol. The van der Waals surface area contributed by atoms with E-state index >= 15 is 0 Å². The second-order valence-electron chi connectivity index (χ2n) is 25.1. The lowest BCUT2D eigenvalue weighted by atomic mass is 9.97. The SMILES string of the molecule is CCCCCC/C=C\CCCCCCCCCC(=O)O[C@H]1[C@H](OC[C@H]2O[C@H](OCCOP(=O)(O)O)[C@H](OCCCCCCCCCCCC)[C@@H](OCCCCCCCCCCCC)[C@@H]2O)O[C@H](COC)[C@@H](OP(=O)(O)O)[C@@H]1OCC[C@@H](CCCCCCC)OC. The summed E-state index contributed by atoms with van der Waals surface area (Å²) in [5, 5.41) is 12.4. The van der Waals surface area contributed by atoms with Gasteiger partial charge in [0.05, 0.1) is 32.5 Å². The minimum atomic E-state index is -5.24. The van der Waals surface area contributed by atoms with Crippen molar-refractivity contribution in [3.63, 3.8) is 0 Å². The van der Waals surface area contributed by atoms with Gasteiger partial charge in [-0.2, -0.15) is 0 Å². The number of phosphoric ester groups is 2. The fraction of sp³-hybridized carbons (Fsp3) is 0.956. The Morgan fingerprint density at radius 3 is 1.38 bits per heavy atom. The van der Waals surface area contributed by atoms with Crippen LogP contribution >= 0.6 is 15.6 Å². The van der Waals surface area contributed by atoms with Crippen LogP contribution in [0.3, 0.4) is 0 Å². The van der Waals surface area contributed by atoms with Crippen LogP contribution in [-0.2, 0) is 70.3 Å². The molecule has 0 aromatic rings. The molecule has 2 heterocycles. The Morgan fingerprint density at radius 2 is 0.878 bits per heavy atom. The molecule has 0 aromatic heterocycles. The van der Waals surface area contributed by atoms with E-state index in [0.29, 0.717) is 26.1 Å². The maximum atomic E-state index is 14.1. The third-order valence-electron chi connectivity index (χ3n) is 17.1. The monoisotopic (exact) mass is 1330 g/mol. The number of esters is 1. The van der Waals surface area contributed by atoms with Crippen molar-refractivity contribution in [2.45, 2.75) is 358 Å². The van der Waals surface area contributed by atoms with Crippen LogP contribution < -0.4 is 0 Å². The molecule has 0 bridgehead atoms. The normalized spacial score (nSPS) is 22.9. The molecule has 2 aliphatic rings. The number of carbonyl (C=O) groups excluding carboxylic acids is 1. The number of hydrogen-bond donors (Lipinski definition) is 5. The lowest BCUT2D eigenvalue weighted by Crippen LogP contribution is -2.64. The standard InChI is InChI=1S/C68H132O20P2/c1-7-11-15-19-22-25-28-29-30-31-32-33-36-40-44-48-60(69)87-66-64(81-52-49-57(78-6)47-43-39-18-14-10-4)62(88-90(74,75)76)59(55-77-5)86-68(66)83-56-58-61(70)63(79-50-45-41-37-34-26-23-20-16-12-8-2)65(67(85-58)82-53-54-84-89(71,72)73)80-51-46-42-38-35-27-24-21-17-13-9-3/h25,28,57-59,61-68,70H,7-24,26-27,29-56H2,1-6H3,(H2,71,72,73)(H2,74,75,76)/b28-25-/t57-,58-,59-,61-,62-,63+,64+,65-,66-,67+,68-/m1/s1. The first kappa shape index (κ1) is 85.1. The number of phosphoric acid groups is 2. The van der Waals surface area contributed by atoms with Crippen molar-refractivity contribution < 1.29 is 95.0 Å². The van der Waals surface area contributed by atoms with Crippen LogP contribution in [0.25, 0.3) is 0 Å². The second kappa shape index (κ2) is 56.1. The smallest absolute Gasteiger partial charge is 0.454 e. The molecule has 5 N–H and O–H groups in total. The predicted molar refractivity (Wildman–Crippen MR) is 353 cm³/mol. The first-order valence-electron chi connectivity index (χ1n) is 36.0. The van der Waals surface area contributed by atoms with E-state index in [4.69, 9.17) is 56.4 Å². The zero-order valence-electron chi connectivity index (χ0n) is 57.2. The van der Waals surface area contributed by atoms with Gasteiger partial charge in [0.25, 0.3) is 0 Å². The van der Waals surface area contributed by atoms with Crippen molar-refractivity contribution in [1.29, 1.82) is 0 Å². The predicted octanol–water partition coefficient (Wildman–Crippen LogP) is 15.8. The van der Waals surface area contributed by atoms with Crippen molar-refractivity contribution in [3.05, 3.63) is 12.2 Å². The molecular formula is C68H132O20P2. The highest BCUT2D eigenvalue weighted by Gasteiger charge is 2.54. The third kappa shape index (κ3) is 43.3. The molecule has 22 heteroatoms. The molecule has 90 heavy (non-hydrogen) atoms. The summed E-state index contributed by atoms with van der Waals surface area (Å²) in [5.41, 5.74) is 0. The topological polar surface area (TPSA) is 263 Å². The number of rotatable bonds is 63. The minimum absolute atomic E-state index is 0.0305. The number of hydrogen-bond acceptors (Lipinski definition) is 16. The van der Waals surface area contributed by atoms with Crippen LogP contribution in [0.1, 0.15) is 291 Å². The molecule has 2 aliphatic heterocycles. The molecule has 0 amide bonds. The summed E-state index contributed by atoms with van der Waals surface area (Å²) in [7, 11) is -7.05. The fourth-order valence-electron chi connectivity index (χ4n) is 11.8. The number of carbonyl (C=O) groups is 1. The number of unbranched alkanes of at least 4 members (excludes halogenated alkanes) is 33. The summed E-state index contributed by atoms with van der Waals surface area (Å²) in [5.74, 6) is -0.600. The van der Waals surface area contributed by atoms with E-state index in [1.807, 2.05) is 0 Å². The molecule has 2 saturated heterocycles. The van der Waals surface area contributed by atoms with Gasteiger partial charge in [0.1, 0.15) is 42.7 Å². The lowest BCUT2D eigenvalue weighted by molar-refractivity contribution is -0.340. The molecule has 0 unspecified atom stereocenters. The van der Waals surface area contributed by atoms with Crippen LogP contribution in [0, 0.1) is 0 Å². The molecule has 534 valence electrons. The number of allylic oxidation sites excluding steroid dienone is 2. The van der Waals surface area contributed by atoms with E-state index in [2.05, 4.69) is 39.8 Å². The number of ether oxygens (including phenoxy) is 10. The average molecular weight is 1330 g/mol. The van der Waals surface area contributed by atoms with Gasteiger partial charge in [0.2, 0.25) is 0 Å². The molecule has 20 nitrogen and oxygen atoms in total. The highest BCUT2D eigenvalue weighted by atomic mass is 31.2. The molecule has 0 saturated carbocycles. The summed E-state index contributed by atoms with van der Waals surface area (Å²) >= 11 is 0. The summed E-state index contributed by atoms with van der Waals surface area (Å²) in [4.78, 5) is 53.8. The Bertz CT molecular complexity index is 1770. The van der Waals surface area contributed by atoms with E-state index in [0.717, 1.165) is 141 Å². The fourth-order valence-corrected chi connectivity index (χ4v) is 12.7. The minimum Gasteiger partial charge on any atom is -0.454 e. The van der Waals surface area contributed by atoms with Gasteiger partial charge in [-0.1, -0.05) is 239 Å². The van der Waals surface area contributed by atoms with Gasteiger partial charge in [-0.05, 0) is 57.8 Å². The van der Waals surface area contributed by atoms with Gasteiger partial charge < -0.3 is 72.0 Å². The second-order valence-corrected chi connectivity index (χ2v) is 27.6. The van der Waals surface area contributed by atoms with Gasteiger partial charge >= 0.3 is 21.6 Å². The Kier molecular flexibility index (Phi) is 53.0. The largest absolute Gasteiger partial charge is 0.470 e. The van der Waals surface area contributed by atoms with Crippen molar-refractivity contribution >= 4 is 21.6 Å². The third-order valence-corrected chi connectivity index (χ3v) is 18.1. The van der Waals surface area contributed by atoms with Crippen LogP contribution in [-0.4, -0.2) is 159 Å². The maximum absolute atomic E-state index is 14.1. The van der Waals surface area contributed by atoms with Gasteiger partial charge in [-0.25, -0.2) is 9.13 Å². The van der Waals surface area contributed by atoms with Gasteiger partial charge in [-0.3, -0.25) is 13.8 Å². The Balaban J connectivity index is 2.45. The quantitative estimate of drug-likeness (QED) is 0.0164. The van der Waals surface area contributed by atoms with Crippen molar-refractivity contribution in [2.75, 3.05) is 60.5 Å². The summed E-state index contributed by atoms with van der Waals surface area (Å²) in [6.45, 7) is 8.01. The molecule has 0 radical (unpaired) electrons. The average Bonchev–Trinajstić information content (AvgIpc) is 0.859. The molecule has 11 atom stereocenters. The van der Waals surface area contributed by atoms with Crippen LogP contribution in [0.4, 0.5) is 0 Å². The molecule has 0 aliphatic carbocycles. The first-order chi connectivity index (χ1) is 43.6.